The first kappa shape index (κ1) is 25.4. The monoisotopic (exact) mass is 440 g/mol. The zero-order valence-electron chi connectivity index (χ0n) is 20.0. The number of rotatable bonds is 13. The smallest absolute Gasteiger partial charge is 0.347 e. The van der Waals surface area contributed by atoms with Gasteiger partial charge in [-0.3, -0.25) is 4.79 Å². The molecule has 0 fully saturated rings. The number of hydrogen-bond acceptors (Lipinski definition) is 4. The molecule has 2 aromatic rings. The fraction of sp³-hybridized carbons (Fsp3) is 0.481. The van der Waals surface area contributed by atoms with E-state index >= 15 is 0 Å². The van der Waals surface area contributed by atoms with Crippen LogP contribution in [0.3, 0.4) is 0 Å². The Labute approximate surface area is 191 Å². The summed E-state index contributed by atoms with van der Waals surface area (Å²) in [6.45, 7) is 9.65. The van der Waals surface area contributed by atoms with Gasteiger partial charge in [-0.15, -0.1) is 0 Å². The van der Waals surface area contributed by atoms with Crippen molar-refractivity contribution in [3.63, 3.8) is 0 Å². The molecule has 5 nitrogen and oxygen atoms in total. The van der Waals surface area contributed by atoms with Crippen molar-refractivity contribution >= 4 is 11.8 Å². The van der Waals surface area contributed by atoms with E-state index in [9.17, 15) is 14.7 Å². The molecule has 174 valence electrons. The summed E-state index contributed by atoms with van der Waals surface area (Å²) in [5.74, 6) is 0.268. The SMILES string of the molecule is CCCCCCOc1ccccc1C(=O)CCc1cc(C)c(OC(C)(C)C(=O)O)c(C)c1. The van der Waals surface area contributed by atoms with Crippen molar-refractivity contribution in [2.75, 3.05) is 6.61 Å². The van der Waals surface area contributed by atoms with Gasteiger partial charge in [0.15, 0.2) is 11.4 Å². The van der Waals surface area contributed by atoms with Gasteiger partial charge in [-0.25, -0.2) is 4.79 Å². The van der Waals surface area contributed by atoms with Gasteiger partial charge in [-0.2, -0.15) is 0 Å². The van der Waals surface area contributed by atoms with Crippen LogP contribution in [0.4, 0.5) is 0 Å². The maximum atomic E-state index is 12.9. The Balaban J connectivity index is 2.04. The van der Waals surface area contributed by atoms with Crippen LogP contribution in [0.15, 0.2) is 36.4 Å². The van der Waals surface area contributed by atoms with E-state index in [1.54, 1.807) is 0 Å². The third-order valence-corrected chi connectivity index (χ3v) is 5.48. The lowest BCUT2D eigenvalue weighted by molar-refractivity contribution is -0.152. The van der Waals surface area contributed by atoms with Gasteiger partial charge < -0.3 is 14.6 Å². The van der Waals surface area contributed by atoms with Crippen LogP contribution in [-0.2, 0) is 11.2 Å². The molecular weight excluding hydrogens is 404 g/mol. The van der Waals surface area contributed by atoms with Crippen LogP contribution in [0.2, 0.25) is 0 Å². The van der Waals surface area contributed by atoms with Gasteiger partial charge in [0.25, 0.3) is 0 Å². The van der Waals surface area contributed by atoms with Crippen LogP contribution in [0, 0.1) is 13.8 Å². The van der Waals surface area contributed by atoms with Crippen molar-refractivity contribution < 1.29 is 24.2 Å². The quantitative estimate of drug-likeness (QED) is 0.291. The molecule has 0 saturated carbocycles. The number of hydrogen-bond donors (Lipinski definition) is 1. The number of unbranched alkanes of at least 4 members (excludes halogenated alkanes) is 3. The minimum Gasteiger partial charge on any atom is -0.493 e. The number of para-hydroxylation sites is 1. The molecule has 0 saturated heterocycles. The molecule has 0 bridgehead atoms. The van der Waals surface area contributed by atoms with Crippen LogP contribution in [0.25, 0.3) is 0 Å². The lowest BCUT2D eigenvalue weighted by Crippen LogP contribution is -2.38. The van der Waals surface area contributed by atoms with Gasteiger partial charge >= 0.3 is 5.97 Å². The molecule has 0 amide bonds. The van der Waals surface area contributed by atoms with Crippen molar-refractivity contribution in [1.29, 1.82) is 0 Å². The fourth-order valence-electron chi connectivity index (χ4n) is 3.57. The van der Waals surface area contributed by atoms with E-state index in [0.717, 1.165) is 29.5 Å². The molecule has 2 rings (SSSR count). The number of aliphatic carboxylic acids is 1. The second-order valence-electron chi connectivity index (χ2n) is 8.80. The number of carboxylic acids is 1. The first-order chi connectivity index (χ1) is 15.2. The predicted molar refractivity (Wildman–Crippen MR) is 127 cm³/mol. The molecule has 32 heavy (non-hydrogen) atoms. The molecule has 0 heterocycles. The van der Waals surface area contributed by atoms with Gasteiger partial charge in [0.2, 0.25) is 0 Å². The summed E-state index contributed by atoms with van der Waals surface area (Å²) in [4.78, 5) is 24.3. The Morgan fingerprint density at radius 1 is 1.00 bits per heavy atom. The molecule has 2 aromatic carbocycles. The molecular formula is C27H36O5. The Bertz CT molecular complexity index is 906. The van der Waals surface area contributed by atoms with Gasteiger partial charge in [-0.1, -0.05) is 50.5 Å². The Kier molecular flexibility index (Phi) is 9.30. The zero-order valence-corrected chi connectivity index (χ0v) is 20.0. The number of carboxylic acid groups (broad SMARTS) is 1. The van der Waals surface area contributed by atoms with Crippen LogP contribution in [-0.4, -0.2) is 29.1 Å². The lowest BCUT2D eigenvalue weighted by Gasteiger charge is -2.24. The van der Waals surface area contributed by atoms with Crippen molar-refractivity contribution in [3.05, 3.63) is 58.7 Å². The van der Waals surface area contributed by atoms with Crippen LogP contribution < -0.4 is 9.47 Å². The maximum Gasteiger partial charge on any atom is 0.347 e. The molecule has 0 unspecified atom stereocenters. The minimum atomic E-state index is -1.31. The lowest BCUT2D eigenvalue weighted by atomic mass is 9.98. The largest absolute Gasteiger partial charge is 0.493 e. The van der Waals surface area contributed by atoms with Crippen molar-refractivity contribution in [2.24, 2.45) is 0 Å². The fourth-order valence-corrected chi connectivity index (χ4v) is 3.57. The molecule has 0 aliphatic rings. The Morgan fingerprint density at radius 3 is 2.28 bits per heavy atom. The summed E-state index contributed by atoms with van der Waals surface area (Å²) in [6.07, 6.45) is 5.46. The number of carbonyl (C=O) groups excluding carboxylic acids is 1. The van der Waals surface area contributed by atoms with Crippen LogP contribution >= 0.6 is 0 Å². The average Bonchev–Trinajstić information content (AvgIpc) is 2.74. The van der Waals surface area contributed by atoms with E-state index in [4.69, 9.17) is 9.47 Å². The number of carbonyl (C=O) groups is 2. The number of benzene rings is 2. The van der Waals surface area contributed by atoms with Crippen LogP contribution in [0.5, 0.6) is 11.5 Å². The molecule has 0 aliphatic heterocycles. The second-order valence-corrected chi connectivity index (χ2v) is 8.80. The number of ether oxygens (including phenoxy) is 2. The number of aryl methyl sites for hydroxylation is 3. The van der Waals surface area contributed by atoms with E-state index in [-0.39, 0.29) is 5.78 Å². The highest BCUT2D eigenvalue weighted by Gasteiger charge is 2.30. The normalized spacial score (nSPS) is 11.3. The summed E-state index contributed by atoms with van der Waals surface area (Å²) < 4.78 is 11.7. The molecule has 0 aromatic heterocycles. The highest BCUT2D eigenvalue weighted by molar-refractivity contribution is 5.98. The van der Waals surface area contributed by atoms with E-state index in [1.165, 1.54) is 26.7 Å². The van der Waals surface area contributed by atoms with Gasteiger partial charge in [0.05, 0.1) is 12.2 Å². The van der Waals surface area contributed by atoms with E-state index < -0.39 is 11.6 Å². The third-order valence-electron chi connectivity index (χ3n) is 5.48. The summed E-state index contributed by atoms with van der Waals surface area (Å²) in [7, 11) is 0. The first-order valence-corrected chi connectivity index (χ1v) is 11.4. The van der Waals surface area contributed by atoms with Crippen molar-refractivity contribution in [3.8, 4) is 11.5 Å². The van der Waals surface area contributed by atoms with E-state index in [0.29, 0.717) is 36.5 Å². The molecule has 0 aliphatic carbocycles. The Hall–Kier alpha value is -2.82. The summed E-state index contributed by atoms with van der Waals surface area (Å²) in [5.41, 5.74) is 2.05. The molecule has 1 N–H and O–H groups in total. The topological polar surface area (TPSA) is 72.8 Å². The van der Waals surface area contributed by atoms with Gasteiger partial charge in [0, 0.05) is 6.42 Å². The van der Waals surface area contributed by atoms with E-state index in [2.05, 4.69) is 6.92 Å². The summed E-state index contributed by atoms with van der Waals surface area (Å²) >= 11 is 0. The average molecular weight is 441 g/mol. The summed E-state index contributed by atoms with van der Waals surface area (Å²) in [6, 6.07) is 11.4. The van der Waals surface area contributed by atoms with Crippen molar-refractivity contribution in [1.82, 2.24) is 0 Å². The third kappa shape index (κ3) is 7.11. The predicted octanol–water partition coefficient (Wildman–Crippen LogP) is 6.32. The van der Waals surface area contributed by atoms with E-state index in [1.807, 2.05) is 50.2 Å². The zero-order chi connectivity index (χ0) is 23.7. The summed E-state index contributed by atoms with van der Waals surface area (Å²) in [5, 5.41) is 9.33. The second kappa shape index (κ2) is 11.7. The highest BCUT2D eigenvalue weighted by Crippen LogP contribution is 2.29. The first-order valence-electron chi connectivity index (χ1n) is 11.4. The van der Waals surface area contributed by atoms with Gasteiger partial charge in [0.1, 0.15) is 11.5 Å². The molecule has 0 spiro atoms. The number of Topliss-reactive ketones (excluding diaryl/α,β-unsaturated/α-hetero) is 1. The van der Waals surface area contributed by atoms with Crippen LogP contribution in [0.1, 0.15) is 79.9 Å². The minimum absolute atomic E-state index is 0.0526. The molecule has 0 atom stereocenters. The van der Waals surface area contributed by atoms with Gasteiger partial charge in [-0.05, 0) is 69.4 Å². The number of ketones is 1. The Morgan fingerprint density at radius 2 is 1.66 bits per heavy atom. The van der Waals surface area contributed by atoms with Crippen molar-refractivity contribution in [2.45, 2.75) is 78.7 Å². The maximum absolute atomic E-state index is 12.9. The molecule has 0 radical (unpaired) electrons. The molecule has 5 heteroatoms. The highest BCUT2D eigenvalue weighted by atomic mass is 16.5. The standard InChI is InChI=1S/C27H36O5/c1-6-7-8-11-16-31-24-13-10-9-12-22(24)23(28)15-14-21-17-19(2)25(20(3)18-21)32-27(4,5)26(29)30/h9-10,12-13,17-18H,6-8,11,14-16H2,1-5H3,(H,29,30).